The molecule has 2 N–H and O–H groups in total. The van der Waals surface area contributed by atoms with Crippen LogP contribution < -0.4 is 4.72 Å². The maximum absolute atomic E-state index is 12.2. The molecule has 0 fully saturated rings. The second kappa shape index (κ2) is 6.47. The lowest BCUT2D eigenvalue weighted by atomic mass is 10.2. The van der Waals surface area contributed by atoms with Crippen LogP contribution in [0.1, 0.15) is 18.1 Å². The van der Waals surface area contributed by atoms with Gasteiger partial charge in [0.1, 0.15) is 0 Å². The molecular formula is C13H22N2O3S. The van der Waals surface area contributed by atoms with Gasteiger partial charge >= 0.3 is 0 Å². The molecule has 0 amide bonds. The Morgan fingerprint density at radius 2 is 2.00 bits per heavy atom. The molecule has 6 heteroatoms. The summed E-state index contributed by atoms with van der Waals surface area (Å²) in [7, 11) is 0.259. The fourth-order valence-corrected chi connectivity index (χ4v) is 2.94. The molecule has 1 aromatic carbocycles. The first-order chi connectivity index (χ1) is 8.77. The first-order valence-corrected chi connectivity index (χ1v) is 7.62. The van der Waals surface area contributed by atoms with Gasteiger partial charge in [0.05, 0.1) is 11.5 Å². The zero-order chi connectivity index (χ0) is 14.6. The minimum atomic E-state index is -3.54. The molecule has 108 valence electrons. The van der Waals surface area contributed by atoms with Gasteiger partial charge in [0.15, 0.2) is 0 Å². The van der Waals surface area contributed by atoms with Gasteiger partial charge < -0.3 is 10.0 Å². The number of aliphatic hydroxyl groups is 1. The molecule has 0 aliphatic heterocycles. The molecule has 0 radical (unpaired) electrons. The summed E-state index contributed by atoms with van der Waals surface area (Å²) >= 11 is 0. The van der Waals surface area contributed by atoms with Crippen LogP contribution in [0.5, 0.6) is 0 Å². The number of hydrogen-bond donors (Lipinski definition) is 2. The second-order valence-corrected chi connectivity index (χ2v) is 6.66. The molecular weight excluding hydrogens is 264 g/mol. The van der Waals surface area contributed by atoms with Crippen molar-refractivity contribution in [1.29, 1.82) is 0 Å². The Hall–Kier alpha value is -0.950. The third-order valence-corrected chi connectivity index (χ3v) is 4.74. The van der Waals surface area contributed by atoms with Crippen molar-refractivity contribution in [2.75, 3.05) is 20.6 Å². The van der Waals surface area contributed by atoms with E-state index in [9.17, 15) is 8.42 Å². The standard InChI is InChI=1S/C13H22N2O3S/c1-10-5-6-12(9-16)7-13(10)19(17,18)14-8-11(2)15(3)4/h5-7,11,14,16H,8-9H2,1-4H3. The molecule has 5 nitrogen and oxygen atoms in total. The zero-order valence-electron chi connectivity index (χ0n) is 11.8. The van der Waals surface area contributed by atoms with Crippen molar-refractivity contribution in [2.45, 2.75) is 31.4 Å². The van der Waals surface area contributed by atoms with Crippen LogP contribution in [0, 0.1) is 6.92 Å². The van der Waals surface area contributed by atoms with Gasteiger partial charge in [0, 0.05) is 12.6 Å². The van der Waals surface area contributed by atoms with E-state index in [1.165, 1.54) is 6.07 Å². The highest BCUT2D eigenvalue weighted by Crippen LogP contribution is 2.17. The third kappa shape index (κ3) is 4.28. The molecule has 0 aliphatic rings. The molecule has 0 heterocycles. The van der Waals surface area contributed by atoms with Gasteiger partial charge in [-0.25, -0.2) is 13.1 Å². The Kier molecular flexibility index (Phi) is 5.49. The van der Waals surface area contributed by atoms with E-state index in [-0.39, 0.29) is 17.5 Å². The number of aryl methyl sites for hydroxylation is 1. The Bertz CT molecular complexity index is 527. The van der Waals surface area contributed by atoms with Gasteiger partial charge in [-0.15, -0.1) is 0 Å². The van der Waals surface area contributed by atoms with Gasteiger partial charge in [-0.05, 0) is 45.1 Å². The highest BCUT2D eigenvalue weighted by atomic mass is 32.2. The molecule has 0 saturated carbocycles. The SMILES string of the molecule is Cc1ccc(CO)cc1S(=O)(=O)NCC(C)N(C)C. The Labute approximate surface area is 115 Å². The van der Waals surface area contributed by atoms with Gasteiger partial charge in [-0.2, -0.15) is 0 Å². The molecule has 19 heavy (non-hydrogen) atoms. The van der Waals surface area contributed by atoms with E-state index in [4.69, 9.17) is 5.11 Å². The monoisotopic (exact) mass is 286 g/mol. The van der Waals surface area contributed by atoms with Crippen molar-refractivity contribution in [2.24, 2.45) is 0 Å². The highest BCUT2D eigenvalue weighted by Gasteiger charge is 2.18. The number of nitrogens with one attached hydrogen (secondary N) is 1. The van der Waals surface area contributed by atoms with Crippen molar-refractivity contribution >= 4 is 10.0 Å². The van der Waals surface area contributed by atoms with Crippen molar-refractivity contribution in [1.82, 2.24) is 9.62 Å². The van der Waals surface area contributed by atoms with Crippen LogP contribution in [0.2, 0.25) is 0 Å². The van der Waals surface area contributed by atoms with E-state index in [1.807, 2.05) is 25.9 Å². The maximum Gasteiger partial charge on any atom is 0.240 e. The number of hydrogen-bond acceptors (Lipinski definition) is 4. The number of nitrogens with zero attached hydrogens (tertiary/aromatic N) is 1. The van der Waals surface area contributed by atoms with Crippen molar-refractivity contribution < 1.29 is 13.5 Å². The first kappa shape index (κ1) is 16.1. The van der Waals surface area contributed by atoms with E-state index in [0.29, 0.717) is 17.7 Å². The van der Waals surface area contributed by atoms with Crippen molar-refractivity contribution in [3.8, 4) is 0 Å². The van der Waals surface area contributed by atoms with E-state index in [1.54, 1.807) is 19.1 Å². The minimum Gasteiger partial charge on any atom is -0.392 e. The van der Waals surface area contributed by atoms with Crippen molar-refractivity contribution in [3.05, 3.63) is 29.3 Å². The second-order valence-electron chi connectivity index (χ2n) is 4.92. The Morgan fingerprint density at radius 1 is 1.37 bits per heavy atom. The topological polar surface area (TPSA) is 69.6 Å². The van der Waals surface area contributed by atoms with Gasteiger partial charge in [-0.1, -0.05) is 12.1 Å². The zero-order valence-corrected chi connectivity index (χ0v) is 12.7. The summed E-state index contributed by atoms with van der Waals surface area (Å²) in [6.07, 6.45) is 0. The van der Waals surface area contributed by atoms with E-state index >= 15 is 0 Å². The Morgan fingerprint density at radius 3 is 2.53 bits per heavy atom. The summed E-state index contributed by atoms with van der Waals surface area (Å²) in [5.41, 5.74) is 1.26. The summed E-state index contributed by atoms with van der Waals surface area (Å²) in [5.74, 6) is 0. The summed E-state index contributed by atoms with van der Waals surface area (Å²) < 4.78 is 27.1. The van der Waals surface area contributed by atoms with Gasteiger partial charge in [0.2, 0.25) is 10.0 Å². The lowest BCUT2D eigenvalue weighted by Crippen LogP contribution is -2.38. The molecule has 0 bridgehead atoms. The molecule has 0 aromatic heterocycles. The van der Waals surface area contributed by atoms with Crippen LogP contribution in [0.25, 0.3) is 0 Å². The first-order valence-electron chi connectivity index (χ1n) is 6.14. The van der Waals surface area contributed by atoms with Crippen LogP contribution >= 0.6 is 0 Å². The number of rotatable bonds is 6. The van der Waals surface area contributed by atoms with Crippen LogP contribution in [-0.4, -0.2) is 45.1 Å². The lowest BCUT2D eigenvalue weighted by molar-refractivity contribution is 0.281. The van der Waals surface area contributed by atoms with Crippen LogP contribution in [0.3, 0.4) is 0 Å². The van der Waals surface area contributed by atoms with Crippen LogP contribution in [0.15, 0.2) is 23.1 Å². The van der Waals surface area contributed by atoms with Crippen LogP contribution in [0.4, 0.5) is 0 Å². The minimum absolute atomic E-state index is 0.108. The predicted octanol–water partition coefficient (Wildman–Crippen LogP) is 0.716. The normalized spacial score (nSPS) is 13.8. The Balaban J connectivity index is 2.94. The summed E-state index contributed by atoms with van der Waals surface area (Å²) in [6, 6.07) is 5.04. The molecule has 1 atom stereocenters. The van der Waals surface area contributed by atoms with Crippen molar-refractivity contribution in [3.63, 3.8) is 0 Å². The van der Waals surface area contributed by atoms with Gasteiger partial charge in [0.25, 0.3) is 0 Å². The largest absolute Gasteiger partial charge is 0.392 e. The summed E-state index contributed by atoms with van der Waals surface area (Å²) in [6.45, 7) is 3.86. The molecule has 0 saturated heterocycles. The fraction of sp³-hybridized carbons (Fsp3) is 0.538. The van der Waals surface area contributed by atoms with Crippen LogP contribution in [-0.2, 0) is 16.6 Å². The molecule has 1 unspecified atom stereocenters. The molecule has 1 rings (SSSR count). The number of sulfonamides is 1. The maximum atomic E-state index is 12.2. The van der Waals surface area contributed by atoms with E-state index in [2.05, 4.69) is 4.72 Å². The van der Waals surface area contributed by atoms with E-state index < -0.39 is 10.0 Å². The molecule has 0 aliphatic carbocycles. The number of likely N-dealkylation sites (N-methyl/N-ethyl adjacent to an activating group) is 1. The predicted molar refractivity (Wildman–Crippen MR) is 75.4 cm³/mol. The highest BCUT2D eigenvalue weighted by molar-refractivity contribution is 7.89. The van der Waals surface area contributed by atoms with E-state index in [0.717, 1.165) is 0 Å². The molecule has 0 spiro atoms. The summed E-state index contributed by atoms with van der Waals surface area (Å²) in [4.78, 5) is 2.17. The summed E-state index contributed by atoms with van der Waals surface area (Å²) in [5, 5.41) is 9.09. The lowest BCUT2D eigenvalue weighted by Gasteiger charge is -2.20. The number of aliphatic hydroxyl groups excluding tert-OH is 1. The average molecular weight is 286 g/mol. The third-order valence-electron chi connectivity index (χ3n) is 3.17. The smallest absolute Gasteiger partial charge is 0.240 e. The quantitative estimate of drug-likeness (QED) is 0.808. The molecule has 1 aromatic rings. The fourth-order valence-electron chi connectivity index (χ4n) is 1.52. The number of benzene rings is 1. The average Bonchev–Trinajstić information content (AvgIpc) is 2.36. The van der Waals surface area contributed by atoms with Gasteiger partial charge in [-0.3, -0.25) is 0 Å².